The predicted molar refractivity (Wildman–Crippen MR) is 73.7 cm³/mol. The van der Waals surface area contributed by atoms with Crippen LogP contribution in [-0.4, -0.2) is 13.2 Å². The summed E-state index contributed by atoms with van der Waals surface area (Å²) in [5.74, 6) is 0.515. The number of ether oxygens (including phenoxy) is 1. The summed E-state index contributed by atoms with van der Waals surface area (Å²) in [7, 11) is 0. The Balaban J connectivity index is 1.78. The highest BCUT2D eigenvalue weighted by molar-refractivity contribution is 5.83. The van der Waals surface area contributed by atoms with Gasteiger partial charge in [0.2, 0.25) is 0 Å². The molecule has 1 heterocycles. The summed E-state index contributed by atoms with van der Waals surface area (Å²) in [5, 5.41) is 11.8. The van der Waals surface area contributed by atoms with Crippen LogP contribution in [0.3, 0.4) is 0 Å². The molecule has 2 unspecified atom stereocenters. The van der Waals surface area contributed by atoms with Crippen LogP contribution in [0, 0.1) is 22.7 Å². The summed E-state index contributed by atoms with van der Waals surface area (Å²) in [4.78, 5) is 0. The highest BCUT2D eigenvalue weighted by Gasteiger charge is 2.58. The van der Waals surface area contributed by atoms with Crippen molar-refractivity contribution in [3.63, 3.8) is 0 Å². The second kappa shape index (κ2) is 3.82. The van der Waals surface area contributed by atoms with Crippen LogP contribution >= 0.6 is 0 Å². The van der Waals surface area contributed by atoms with Crippen molar-refractivity contribution in [1.82, 2.24) is 0 Å². The zero-order chi connectivity index (χ0) is 12.9. The summed E-state index contributed by atoms with van der Waals surface area (Å²) in [6.07, 6.45) is 1.00. The second-order valence-corrected chi connectivity index (χ2v) is 5.88. The van der Waals surface area contributed by atoms with E-state index in [1.165, 1.54) is 16.3 Å². The van der Waals surface area contributed by atoms with Crippen LogP contribution in [0.15, 0.2) is 42.5 Å². The van der Waals surface area contributed by atoms with Gasteiger partial charge in [-0.2, -0.15) is 5.26 Å². The van der Waals surface area contributed by atoms with Crippen LogP contribution in [0.25, 0.3) is 10.8 Å². The fraction of sp³-hybridized carbons (Fsp3) is 0.353. The molecule has 1 spiro atoms. The summed E-state index contributed by atoms with van der Waals surface area (Å²) in [5.41, 5.74) is 1.56. The van der Waals surface area contributed by atoms with E-state index in [9.17, 15) is 5.26 Å². The Hall–Kier alpha value is -1.85. The number of hydrogen-bond acceptors (Lipinski definition) is 2. The van der Waals surface area contributed by atoms with E-state index >= 15 is 0 Å². The molecule has 2 heteroatoms. The fourth-order valence-electron chi connectivity index (χ4n) is 3.72. The quantitative estimate of drug-likeness (QED) is 0.775. The Kier molecular flexibility index (Phi) is 2.22. The third kappa shape index (κ3) is 1.45. The average Bonchev–Trinajstić information content (AvgIpc) is 2.36. The number of benzene rings is 2. The lowest BCUT2D eigenvalue weighted by Crippen LogP contribution is -2.57. The van der Waals surface area contributed by atoms with Gasteiger partial charge in [-0.3, -0.25) is 0 Å². The molecule has 2 aliphatic rings. The smallest absolute Gasteiger partial charge is 0.0662 e. The number of nitrogens with zero attached hydrogens (tertiary/aromatic N) is 1. The molecule has 0 aromatic heterocycles. The summed E-state index contributed by atoms with van der Waals surface area (Å²) in [6, 6.07) is 17.5. The van der Waals surface area contributed by atoms with E-state index in [4.69, 9.17) is 4.74 Å². The molecule has 2 nitrogen and oxygen atoms in total. The molecule has 1 aliphatic heterocycles. The summed E-state index contributed by atoms with van der Waals surface area (Å²) >= 11 is 0. The zero-order valence-electron chi connectivity index (χ0n) is 10.7. The van der Waals surface area contributed by atoms with Gasteiger partial charge in [0.25, 0.3) is 0 Å². The molecule has 0 N–H and O–H groups in total. The molecule has 0 radical (unpaired) electrons. The molecule has 2 atom stereocenters. The molecule has 1 aliphatic carbocycles. The SMILES string of the molecule is N#CC1CC2(COC2)C1c1ccc2ccccc2c1. The van der Waals surface area contributed by atoms with Crippen molar-refractivity contribution >= 4 is 10.8 Å². The first-order valence-electron chi connectivity index (χ1n) is 6.78. The number of nitriles is 1. The monoisotopic (exact) mass is 249 g/mol. The van der Waals surface area contributed by atoms with Gasteiger partial charge in [0.05, 0.1) is 25.2 Å². The van der Waals surface area contributed by atoms with Crippen molar-refractivity contribution in [2.45, 2.75) is 12.3 Å². The van der Waals surface area contributed by atoms with Crippen molar-refractivity contribution in [1.29, 1.82) is 5.26 Å². The van der Waals surface area contributed by atoms with E-state index in [0.717, 1.165) is 19.6 Å². The number of rotatable bonds is 1. The Labute approximate surface area is 112 Å². The van der Waals surface area contributed by atoms with Gasteiger partial charge in [-0.25, -0.2) is 0 Å². The van der Waals surface area contributed by atoms with Gasteiger partial charge in [0.1, 0.15) is 0 Å². The van der Waals surface area contributed by atoms with Crippen molar-refractivity contribution in [3.05, 3.63) is 48.0 Å². The highest BCUT2D eigenvalue weighted by Crippen LogP contribution is 2.60. The highest BCUT2D eigenvalue weighted by atomic mass is 16.5. The van der Waals surface area contributed by atoms with E-state index < -0.39 is 0 Å². The van der Waals surface area contributed by atoms with Crippen molar-refractivity contribution in [3.8, 4) is 6.07 Å². The van der Waals surface area contributed by atoms with Gasteiger partial charge in [-0.1, -0.05) is 42.5 Å². The topological polar surface area (TPSA) is 33.0 Å². The summed E-state index contributed by atoms with van der Waals surface area (Å²) < 4.78 is 5.40. The minimum atomic E-state index is 0.157. The van der Waals surface area contributed by atoms with E-state index in [1.54, 1.807) is 0 Å². The van der Waals surface area contributed by atoms with Crippen LogP contribution in [-0.2, 0) is 4.74 Å². The van der Waals surface area contributed by atoms with Gasteiger partial charge in [0, 0.05) is 11.3 Å². The van der Waals surface area contributed by atoms with Gasteiger partial charge >= 0.3 is 0 Å². The molecule has 1 saturated carbocycles. The van der Waals surface area contributed by atoms with Gasteiger partial charge in [-0.05, 0) is 22.8 Å². The van der Waals surface area contributed by atoms with Gasteiger partial charge in [-0.15, -0.1) is 0 Å². The van der Waals surface area contributed by atoms with Crippen LogP contribution in [0.5, 0.6) is 0 Å². The minimum absolute atomic E-state index is 0.157. The molecular formula is C17H15NO. The van der Waals surface area contributed by atoms with Crippen molar-refractivity contribution in [2.24, 2.45) is 11.3 Å². The van der Waals surface area contributed by atoms with Crippen LogP contribution < -0.4 is 0 Å². The Morgan fingerprint density at radius 1 is 1.11 bits per heavy atom. The Bertz CT molecular complexity index is 681. The lowest BCUT2D eigenvalue weighted by molar-refractivity contribution is -0.186. The molecule has 2 aromatic rings. The zero-order valence-corrected chi connectivity index (χ0v) is 10.7. The first kappa shape index (κ1) is 11.0. The fourth-order valence-corrected chi connectivity index (χ4v) is 3.72. The molecule has 19 heavy (non-hydrogen) atoms. The standard InChI is InChI=1S/C17H15NO/c18-9-15-8-17(10-19-11-17)16(15)14-6-5-12-3-1-2-4-13(12)7-14/h1-7,15-16H,8,10-11H2. The van der Waals surface area contributed by atoms with Gasteiger partial charge in [0.15, 0.2) is 0 Å². The van der Waals surface area contributed by atoms with Gasteiger partial charge < -0.3 is 4.74 Å². The van der Waals surface area contributed by atoms with E-state index in [0.29, 0.717) is 5.92 Å². The van der Waals surface area contributed by atoms with E-state index in [1.807, 2.05) is 0 Å². The average molecular weight is 249 g/mol. The molecule has 0 amide bonds. The number of hydrogen-bond donors (Lipinski definition) is 0. The minimum Gasteiger partial charge on any atom is -0.380 e. The lowest BCUT2D eigenvalue weighted by atomic mass is 9.51. The van der Waals surface area contributed by atoms with Crippen LogP contribution in [0.1, 0.15) is 17.9 Å². The first-order chi connectivity index (χ1) is 9.32. The predicted octanol–water partition coefficient (Wildman–Crippen LogP) is 3.48. The molecular weight excluding hydrogens is 234 g/mol. The molecule has 1 saturated heterocycles. The maximum Gasteiger partial charge on any atom is 0.0662 e. The Morgan fingerprint density at radius 3 is 2.58 bits per heavy atom. The largest absolute Gasteiger partial charge is 0.380 e. The van der Waals surface area contributed by atoms with Crippen LogP contribution in [0.2, 0.25) is 0 Å². The van der Waals surface area contributed by atoms with Crippen molar-refractivity contribution < 1.29 is 4.74 Å². The maximum absolute atomic E-state index is 9.29. The summed E-state index contributed by atoms with van der Waals surface area (Å²) in [6.45, 7) is 1.64. The van der Waals surface area contributed by atoms with E-state index in [2.05, 4.69) is 48.5 Å². The second-order valence-electron chi connectivity index (χ2n) is 5.88. The number of fused-ring (bicyclic) bond motifs is 1. The Morgan fingerprint density at radius 2 is 1.89 bits per heavy atom. The third-order valence-corrected chi connectivity index (χ3v) is 4.77. The lowest BCUT2D eigenvalue weighted by Gasteiger charge is -2.58. The van der Waals surface area contributed by atoms with Crippen LogP contribution in [0.4, 0.5) is 0 Å². The molecule has 4 rings (SSSR count). The normalized spacial score (nSPS) is 27.5. The van der Waals surface area contributed by atoms with E-state index in [-0.39, 0.29) is 11.3 Å². The third-order valence-electron chi connectivity index (χ3n) is 4.77. The molecule has 0 bridgehead atoms. The molecule has 94 valence electrons. The first-order valence-corrected chi connectivity index (χ1v) is 6.78. The molecule has 2 aromatic carbocycles. The maximum atomic E-state index is 9.29. The molecule has 2 fully saturated rings. The van der Waals surface area contributed by atoms with Crippen molar-refractivity contribution in [2.75, 3.05) is 13.2 Å².